The first-order valence-electron chi connectivity index (χ1n) is 9.46. The average Bonchev–Trinajstić information content (AvgIpc) is 2.74. The number of rotatable bonds is 6. The standard InChI is InChI=1S/C20H20F4N2O5S/c1-13-2-5-16(17(10-13)31-12-20(22,23)24)25-19(27)14-3-4-15(21)18(11-14)32(28,29)26-6-8-30-9-7-26/h2-5,10-11H,6-9,12H2,1H3,(H,25,27). The van der Waals surface area contributed by atoms with Gasteiger partial charge < -0.3 is 14.8 Å². The van der Waals surface area contributed by atoms with Crippen LogP contribution in [0.5, 0.6) is 5.75 Å². The van der Waals surface area contributed by atoms with Gasteiger partial charge in [0, 0.05) is 18.7 Å². The van der Waals surface area contributed by atoms with Crippen molar-refractivity contribution in [3.63, 3.8) is 0 Å². The molecular weight excluding hydrogens is 456 g/mol. The van der Waals surface area contributed by atoms with Gasteiger partial charge in [-0.05, 0) is 42.8 Å². The van der Waals surface area contributed by atoms with Crippen molar-refractivity contribution in [2.45, 2.75) is 18.0 Å². The van der Waals surface area contributed by atoms with Crippen LogP contribution in [-0.2, 0) is 14.8 Å². The van der Waals surface area contributed by atoms with Crippen molar-refractivity contribution in [1.82, 2.24) is 4.31 Å². The van der Waals surface area contributed by atoms with Crippen molar-refractivity contribution >= 4 is 21.6 Å². The van der Waals surface area contributed by atoms with Crippen molar-refractivity contribution in [3.8, 4) is 5.75 Å². The van der Waals surface area contributed by atoms with Crippen molar-refractivity contribution in [2.24, 2.45) is 0 Å². The van der Waals surface area contributed by atoms with Crippen LogP contribution < -0.4 is 10.1 Å². The molecule has 0 spiro atoms. The Morgan fingerprint density at radius 2 is 1.84 bits per heavy atom. The van der Waals surface area contributed by atoms with E-state index >= 15 is 0 Å². The summed E-state index contributed by atoms with van der Waals surface area (Å²) >= 11 is 0. The van der Waals surface area contributed by atoms with E-state index in [4.69, 9.17) is 9.47 Å². The van der Waals surface area contributed by atoms with Crippen LogP contribution in [-0.4, -0.2) is 57.7 Å². The van der Waals surface area contributed by atoms with Crippen LogP contribution in [0.3, 0.4) is 0 Å². The van der Waals surface area contributed by atoms with E-state index < -0.39 is 39.4 Å². The zero-order valence-electron chi connectivity index (χ0n) is 16.9. The van der Waals surface area contributed by atoms with Crippen LogP contribution in [0, 0.1) is 12.7 Å². The van der Waals surface area contributed by atoms with E-state index in [-0.39, 0.29) is 43.3 Å². The van der Waals surface area contributed by atoms with Gasteiger partial charge in [-0.25, -0.2) is 12.8 Å². The lowest BCUT2D eigenvalue weighted by molar-refractivity contribution is -0.153. The van der Waals surface area contributed by atoms with Crippen LogP contribution in [0.2, 0.25) is 0 Å². The third-order valence-electron chi connectivity index (χ3n) is 4.56. The number of sulfonamides is 1. The van der Waals surface area contributed by atoms with E-state index in [0.29, 0.717) is 5.56 Å². The molecule has 32 heavy (non-hydrogen) atoms. The second-order valence-corrected chi connectivity index (χ2v) is 8.93. The highest BCUT2D eigenvalue weighted by Crippen LogP contribution is 2.29. The summed E-state index contributed by atoms with van der Waals surface area (Å²) in [5.74, 6) is -2.08. The Balaban J connectivity index is 1.86. The fourth-order valence-electron chi connectivity index (χ4n) is 2.97. The number of nitrogens with zero attached hydrogens (tertiary/aromatic N) is 1. The summed E-state index contributed by atoms with van der Waals surface area (Å²) in [7, 11) is -4.21. The smallest absolute Gasteiger partial charge is 0.422 e. The lowest BCUT2D eigenvalue weighted by atomic mass is 10.1. The molecule has 0 atom stereocenters. The Labute approximate surface area is 182 Å². The molecule has 1 aliphatic rings. The molecule has 0 unspecified atom stereocenters. The number of alkyl halides is 3. The maximum Gasteiger partial charge on any atom is 0.422 e. The molecular formula is C20H20F4N2O5S. The van der Waals surface area contributed by atoms with Gasteiger partial charge in [0.25, 0.3) is 5.91 Å². The molecule has 2 aromatic carbocycles. The first kappa shape index (κ1) is 24.0. The summed E-state index contributed by atoms with van der Waals surface area (Å²) in [6, 6.07) is 7.04. The normalized spacial score (nSPS) is 15.4. The summed E-state index contributed by atoms with van der Waals surface area (Å²) in [6.45, 7) is 0.486. The Morgan fingerprint density at radius 1 is 1.16 bits per heavy atom. The Hall–Kier alpha value is -2.70. The second-order valence-electron chi connectivity index (χ2n) is 7.02. The van der Waals surface area contributed by atoms with Gasteiger partial charge in [-0.2, -0.15) is 17.5 Å². The zero-order chi connectivity index (χ0) is 23.5. The molecule has 1 N–H and O–H groups in total. The monoisotopic (exact) mass is 476 g/mol. The topological polar surface area (TPSA) is 84.9 Å². The van der Waals surface area contributed by atoms with Crippen LogP contribution in [0.4, 0.5) is 23.2 Å². The molecule has 1 saturated heterocycles. The summed E-state index contributed by atoms with van der Waals surface area (Å²) in [4.78, 5) is 12.0. The maximum atomic E-state index is 14.3. The van der Waals surface area contributed by atoms with E-state index in [9.17, 15) is 30.8 Å². The van der Waals surface area contributed by atoms with Gasteiger partial charge in [-0.15, -0.1) is 0 Å². The summed E-state index contributed by atoms with van der Waals surface area (Å²) in [6.07, 6.45) is -4.58. The first-order chi connectivity index (χ1) is 15.0. The van der Waals surface area contributed by atoms with E-state index in [1.165, 1.54) is 12.1 Å². The molecule has 0 saturated carbocycles. The zero-order valence-corrected chi connectivity index (χ0v) is 17.7. The molecule has 0 radical (unpaired) electrons. The lowest BCUT2D eigenvalue weighted by Crippen LogP contribution is -2.41. The van der Waals surface area contributed by atoms with E-state index in [1.54, 1.807) is 13.0 Å². The van der Waals surface area contributed by atoms with Gasteiger partial charge >= 0.3 is 6.18 Å². The van der Waals surface area contributed by atoms with Crippen molar-refractivity contribution in [2.75, 3.05) is 38.2 Å². The number of hydrogen-bond acceptors (Lipinski definition) is 5. The second kappa shape index (κ2) is 9.43. The first-order valence-corrected chi connectivity index (χ1v) is 10.9. The predicted octanol–water partition coefficient (Wildman–Crippen LogP) is 3.35. The predicted molar refractivity (Wildman–Crippen MR) is 107 cm³/mol. The molecule has 1 heterocycles. The maximum absolute atomic E-state index is 14.3. The van der Waals surface area contributed by atoms with Gasteiger partial charge in [-0.3, -0.25) is 4.79 Å². The number of carbonyl (C=O) groups excluding carboxylic acids is 1. The number of aryl methyl sites for hydroxylation is 1. The molecule has 3 rings (SSSR count). The third-order valence-corrected chi connectivity index (χ3v) is 6.47. The Bertz CT molecular complexity index is 1100. The van der Waals surface area contributed by atoms with Gasteiger partial charge in [0.15, 0.2) is 6.61 Å². The van der Waals surface area contributed by atoms with Gasteiger partial charge in [0.2, 0.25) is 10.0 Å². The Morgan fingerprint density at radius 3 is 2.50 bits per heavy atom. The van der Waals surface area contributed by atoms with Crippen LogP contribution >= 0.6 is 0 Å². The highest BCUT2D eigenvalue weighted by molar-refractivity contribution is 7.89. The highest BCUT2D eigenvalue weighted by atomic mass is 32.2. The fraction of sp³-hybridized carbons (Fsp3) is 0.350. The minimum absolute atomic E-state index is 0.0431. The van der Waals surface area contributed by atoms with Crippen molar-refractivity contribution < 1.29 is 40.2 Å². The number of ether oxygens (including phenoxy) is 2. The molecule has 2 aromatic rings. The third kappa shape index (κ3) is 5.75. The number of morpholine rings is 1. The van der Waals surface area contributed by atoms with Crippen LogP contribution in [0.15, 0.2) is 41.3 Å². The van der Waals surface area contributed by atoms with Gasteiger partial charge in [-0.1, -0.05) is 6.07 Å². The molecule has 12 heteroatoms. The van der Waals surface area contributed by atoms with E-state index in [1.807, 2.05) is 0 Å². The highest BCUT2D eigenvalue weighted by Gasteiger charge is 2.31. The average molecular weight is 476 g/mol. The number of halogens is 4. The Kier molecular flexibility index (Phi) is 7.06. The van der Waals surface area contributed by atoms with Crippen molar-refractivity contribution in [3.05, 3.63) is 53.3 Å². The SMILES string of the molecule is Cc1ccc(NC(=O)c2ccc(F)c(S(=O)(=O)N3CCOCC3)c2)c(OCC(F)(F)F)c1. The molecule has 0 aliphatic carbocycles. The molecule has 1 fully saturated rings. The van der Waals surface area contributed by atoms with Crippen LogP contribution in [0.25, 0.3) is 0 Å². The number of benzene rings is 2. The molecule has 1 aliphatic heterocycles. The number of nitrogens with one attached hydrogen (secondary N) is 1. The molecule has 174 valence electrons. The number of hydrogen-bond donors (Lipinski definition) is 1. The quantitative estimate of drug-likeness (QED) is 0.647. The summed E-state index contributed by atoms with van der Waals surface area (Å²) in [5, 5.41) is 2.39. The van der Waals surface area contributed by atoms with Gasteiger partial charge in [0.05, 0.1) is 18.9 Å². The summed E-state index contributed by atoms with van der Waals surface area (Å²) in [5.41, 5.74) is 0.355. The van der Waals surface area contributed by atoms with Crippen molar-refractivity contribution in [1.29, 1.82) is 0 Å². The molecule has 0 aromatic heterocycles. The van der Waals surface area contributed by atoms with Crippen LogP contribution in [0.1, 0.15) is 15.9 Å². The van der Waals surface area contributed by atoms with Gasteiger partial charge in [0.1, 0.15) is 16.5 Å². The molecule has 0 bridgehead atoms. The lowest BCUT2D eigenvalue weighted by Gasteiger charge is -2.26. The molecule has 1 amide bonds. The largest absolute Gasteiger partial charge is 0.482 e. The number of carbonyl (C=O) groups is 1. The number of amides is 1. The minimum Gasteiger partial charge on any atom is -0.482 e. The fourth-order valence-corrected chi connectivity index (χ4v) is 4.47. The number of anilines is 1. The molecule has 7 nitrogen and oxygen atoms in total. The van der Waals surface area contributed by atoms with E-state index in [0.717, 1.165) is 22.5 Å². The summed E-state index contributed by atoms with van der Waals surface area (Å²) < 4.78 is 88.4. The van der Waals surface area contributed by atoms with E-state index in [2.05, 4.69) is 5.32 Å². The minimum atomic E-state index is -4.58.